The van der Waals surface area contributed by atoms with Gasteiger partial charge in [-0.1, -0.05) is 111 Å². The summed E-state index contributed by atoms with van der Waals surface area (Å²) in [6.07, 6.45) is 0. The predicted octanol–water partition coefficient (Wildman–Crippen LogP) is 12.5. The number of benzene rings is 7. The van der Waals surface area contributed by atoms with Crippen LogP contribution < -0.4 is 0 Å². The third kappa shape index (κ3) is 3.28. The summed E-state index contributed by atoms with van der Waals surface area (Å²) in [5.74, 6) is 0. The highest BCUT2D eigenvalue weighted by Gasteiger charge is 2.43. The van der Waals surface area contributed by atoms with Gasteiger partial charge in [-0.3, -0.25) is 0 Å². The first kappa shape index (κ1) is 25.7. The van der Waals surface area contributed by atoms with Crippen LogP contribution in [0, 0.1) is 0 Å². The van der Waals surface area contributed by atoms with Crippen LogP contribution in [-0.2, 0) is 5.41 Å². The van der Waals surface area contributed by atoms with Crippen LogP contribution >= 0.6 is 11.3 Å². The quantitative estimate of drug-likeness (QED) is 0.182. The molecule has 2 heteroatoms. The fraction of sp³-hybridized carbons (Fsp3) is 0.0667. The Balaban J connectivity index is 1.09. The van der Waals surface area contributed by atoms with Crippen molar-refractivity contribution in [3.63, 3.8) is 0 Å². The standard InChI is InChI=1S/C45H29NS/c1-45(2)37-21-17-27(24-36(37)43-33-13-7-9-26-10-8-14-34(42(26)33)44(43)45)28-18-22-39-35(23-28)30-11-3-5-15-38(30)46(39)29-19-20-32-31-12-4-6-16-40(31)47-41(32)25-29/h3-25H,1-2H3. The zero-order valence-electron chi connectivity index (χ0n) is 26.1. The molecule has 1 nitrogen and oxygen atoms in total. The Bertz CT molecular complexity index is 2870. The lowest BCUT2D eigenvalue weighted by atomic mass is 9.78. The molecule has 0 radical (unpaired) electrons. The smallest absolute Gasteiger partial charge is 0.0541 e. The third-order valence-electron chi connectivity index (χ3n) is 10.9. The van der Waals surface area contributed by atoms with Gasteiger partial charge in [0.15, 0.2) is 0 Å². The van der Waals surface area contributed by atoms with Gasteiger partial charge >= 0.3 is 0 Å². The summed E-state index contributed by atoms with van der Waals surface area (Å²) in [7, 11) is 0. The Morgan fingerprint density at radius 3 is 2.13 bits per heavy atom. The molecule has 0 N–H and O–H groups in total. The predicted molar refractivity (Wildman–Crippen MR) is 202 cm³/mol. The minimum atomic E-state index is -0.0522. The van der Waals surface area contributed by atoms with Crippen molar-refractivity contribution in [3.8, 4) is 16.8 Å². The molecule has 0 saturated heterocycles. The van der Waals surface area contributed by atoms with Crippen LogP contribution in [0.1, 0.15) is 36.1 Å². The van der Waals surface area contributed by atoms with Crippen molar-refractivity contribution in [1.82, 2.24) is 4.57 Å². The van der Waals surface area contributed by atoms with Gasteiger partial charge in [-0.2, -0.15) is 0 Å². The number of para-hydroxylation sites is 1. The molecule has 0 fully saturated rings. The lowest BCUT2D eigenvalue weighted by Gasteiger charge is -2.25. The Labute approximate surface area is 276 Å². The fourth-order valence-corrected chi connectivity index (χ4v) is 9.99. The average molecular weight is 616 g/mol. The minimum absolute atomic E-state index is 0.0522. The Hall–Kier alpha value is -5.44. The topological polar surface area (TPSA) is 4.93 Å². The molecule has 2 aliphatic carbocycles. The molecule has 0 aliphatic heterocycles. The van der Waals surface area contributed by atoms with E-state index < -0.39 is 0 Å². The van der Waals surface area contributed by atoms with Crippen LogP contribution in [0.4, 0.5) is 0 Å². The summed E-state index contributed by atoms with van der Waals surface area (Å²) in [6, 6.07) is 52.4. The maximum Gasteiger partial charge on any atom is 0.0541 e. The summed E-state index contributed by atoms with van der Waals surface area (Å²) in [5.41, 5.74) is 14.6. The molecule has 0 spiro atoms. The van der Waals surface area contributed by atoms with Gasteiger partial charge in [-0.25, -0.2) is 0 Å². The van der Waals surface area contributed by atoms with Gasteiger partial charge in [0.25, 0.3) is 0 Å². The van der Waals surface area contributed by atoms with Crippen molar-refractivity contribution in [1.29, 1.82) is 0 Å². The largest absolute Gasteiger partial charge is 0.309 e. The van der Waals surface area contributed by atoms with E-state index in [9.17, 15) is 0 Å². The maximum atomic E-state index is 2.46. The summed E-state index contributed by atoms with van der Waals surface area (Å²) in [6.45, 7) is 4.80. The number of allylic oxidation sites excluding steroid dienone is 1. The summed E-state index contributed by atoms with van der Waals surface area (Å²) < 4.78 is 5.10. The summed E-state index contributed by atoms with van der Waals surface area (Å²) in [4.78, 5) is 0. The van der Waals surface area contributed by atoms with Crippen LogP contribution in [0.5, 0.6) is 0 Å². The average Bonchev–Trinajstić information content (AvgIpc) is 3.81. The molecule has 2 aliphatic rings. The molecular weight excluding hydrogens is 587 g/mol. The highest BCUT2D eigenvalue weighted by atomic mass is 32.1. The van der Waals surface area contributed by atoms with Gasteiger partial charge in [-0.05, 0) is 97.8 Å². The van der Waals surface area contributed by atoms with Crippen molar-refractivity contribution in [2.24, 2.45) is 0 Å². The normalized spacial score (nSPS) is 14.7. The van der Waals surface area contributed by atoms with Gasteiger partial charge in [-0.15, -0.1) is 11.3 Å². The van der Waals surface area contributed by atoms with Crippen molar-refractivity contribution >= 4 is 75.2 Å². The number of hydrogen-bond donors (Lipinski definition) is 0. The molecule has 0 atom stereocenters. The minimum Gasteiger partial charge on any atom is -0.309 e. The second-order valence-corrected chi connectivity index (χ2v) is 14.8. The van der Waals surface area contributed by atoms with Crippen molar-refractivity contribution in [2.45, 2.75) is 19.3 Å². The van der Waals surface area contributed by atoms with Crippen molar-refractivity contribution in [3.05, 3.63) is 162 Å². The van der Waals surface area contributed by atoms with Crippen LogP contribution in [0.3, 0.4) is 0 Å². The van der Waals surface area contributed by atoms with Crippen molar-refractivity contribution in [2.75, 3.05) is 0 Å². The van der Waals surface area contributed by atoms with Crippen LogP contribution in [0.15, 0.2) is 140 Å². The van der Waals surface area contributed by atoms with E-state index in [1.165, 1.54) is 103 Å². The van der Waals surface area contributed by atoms with E-state index in [0.717, 1.165) is 0 Å². The number of nitrogens with zero attached hydrogens (tertiary/aromatic N) is 1. The van der Waals surface area contributed by atoms with Crippen LogP contribution in [0.2, 0.25) is 0 Å². The van der Waals surface area contributed by atoms with Gasteiger partial charge in [0.2, 0.25) is 0 Å². The molecule has 0 unspecified atom stereocenters. The molecule has 0 bridgehead atoms. The second kappa shape index (κ2) is 8.88. The zero-order valence-corrected chi connectivity index (χ0v) is 27.0. The lowest BCUT2D eigenvalue weighted by molar-refractivity contribution is 0.705. The molecule has 47 heavy (non-hydrogen) atoms. The Morgan fingerprint density at radius 1 is 0.511 bits per heavy atom. The first-order valence-corrected chi connectivity index (χ1v) is 17.3. The Kier molecular flexibility index (Phi) is 4.86. The molecular formula is C45H29NS. The summed E-state index contributed by atoms with van der Waals surface area (Å²) >= 11 is 1.88. The highest BCUT2D eigenvalue weighted by molar-refractivity contribution is 7.25. The number of aromatic nitrogens is 1. The van der Waals surface area contributed by atoms with Crippen LogP contribution in [0.25, 0.3) is 80.7 Å². The van der Waals surface area contributed by atoms with Gasteiger partial charge in [0.1, 0.15) is 0 Å². The molecule has 220 valence electrons. The fourth-order valence-electron chi connectivity index (χ4n) is 8.85. The SMILES string of the molecule is CC1(C)C2=C(c3cc(-c4ccc5c(c4)c4ccccc4n5-c4ccc5c(c4)sc4ccccc45)ccc31)c1cccc3cccc2c13. The number of fused-ring (bicyclic) bond motifs is 10. The van der Waals surface area contributed by atoms with Gasteiger partial charge in [0.05, 0.1) is 11.0 Å². The molecule has 0 amide bonds. The van der Waals surface area contributed by atoms with E-state index >= 15 is 0 Å². The van der Waals surface area contributed by atoms with Gasteiger partial charge in [0, 0.05) is 42.0 Å². The van der Waals surface area contributed by atoms with E-state index in [-0.39, 0.29) is 5.41 Å². The zero-order chi connectivity index (χ0) is 31.0. The maximum absolute atomic E-state index is 2.46. The van der Waals surface area contributed by atoms with E-state index in [1.807, 2.05) is 11.3 Å². The molecule has 11 rings (SSSR count). The molecule has 0 saturated carbocycles. The van der Waals surface area contributed by atoms with E-state index in [0.29, 0.717) is 0 Å². The first-order chi connectivity index (χ1) is 23.1. The van der Waals surface area contributed by atoms with E-state index in [4.69, 9.17) is 0 Å². The molecule has 9 aromatic rings. The van der Waals surface area contributed by atoms with Crippen LogP contribution in [-0.4, -0.2) is 4.57 Å². The Morgan fingerprint density at radius 2 is 1.23 bits per heavy atom. The molecule has 2 aromatic heterocycles. The number of rotatable bonds is 2. The molecule has 7 aromatic carbocycles. The third-order valence-corrected chi connectivity index (χ3v) is 12.0. The lowest BCUT2D eigenvalue weighted by Crippen LogP contribution is -2.16. The monoisotopic (exact) mass is 615 g/mol. The molecule has 2 heterocycles. The van der Waals surface area contributed by atoms with E-state index in [2.05, 4.69) is 158 Å². The van der Waals surface area contributed by atoms with Gasteiger partial charge < -0.3 is 4.57 Å². The first-order valence-electron chi connectivity index (χ1n) is 16.4. The number of thiophene rings is 1. The second-order valence-electron chi connectivity index (χ2n) is 13.7. The van der Waals surface area contributed by atoms with Crippen molar-refractivity contribution < 1.29 is 0 Å². The highest BCUT2D eigenvalue weighted by Crippen LogP contribution is 2.59. The summed E-state index contributed by atoms with van der Waals surface area (Å²) in [5, 5.41) is 7.98. The van der Waals surface area contributed by atoms with E-state index in [1.54, 1.807) is 0 Å². The number of hydrogen-bond acceptors (Lipinski definition) is 1.